The van der Waals surface area contributed by atoms with Gasteiger partial charge in [0.2, 0.25) is 0 Å². The number of halogens is 2. The monoisotopic (exact) mass is 500 g/mol. The molecule has 0 bridgehead atoms. The zero-order valence-corrected chi connectivity index (χ0v) is 21.9. The average molecular weight is 501 g/mol. The van der Waals surface area contributed by atoms with Crippen molar-refractivity contribution in [1.29, 1.82) is 0 Å². The Balaban J connectivity index is 1.07. The Kier molecular flexibility index (Phi) is 8.51. The summed E-state index contributed by atoms with van der Waals surface area (Å²) >= 11 is 0. The Morgan fingerprint density at radius 1 is 0.811 bits per heavy atom. The normalized spacial score (nSPS) is 21.4. The lowest BCUT2D eigenvalue weighted by Crippen LogP contribution is -2.11. The molecule has 2 fully saturated rings. The third kappa shape index (κ3) is 6.57. The molecule has 3 aromatic rings. The van der Waals surface area contributed by atoms with Crippen LogP contribution in [0.5, 0.6) is 0 Å². The highest BCUT2D eigenvalue weighted by atomic mass is 19.2. The maximum Gasteiger partial charge on any atom is 0.167 e. The maximum atomic E-state index is 14.6. The molecule has 5 rings (SSSR count). The van der Waals surface area contributed by atoms with Crippen molar-refractivity contribution in [3.63, 3.8) is 0 Å². The van der Waals surface area contributed by atoms with Gasteiger partial charge in [0.25, 0.3) is 0 Å². The quantitative estimate of drug-likeness (QED) is 0.199. The zero-order chi connectivity index (χ0) is 25.6. The second-order valence-electron chi connectivity index (χ2n) is 10.8. The van der Waals surface area contributed by atoms with Crippen molar-refractivity contribution >= 4 is 0 Å². The molecule has 1 nitrogen and oxygen atoms in total. The van der Waals surface area contributed by atoms with Crippen LogP contribution in [0.3, 0.4) is 0 Å². The molecule has 0 spiro atoms. The molecule has 1 saturated heterocycles. The molecule has 1 aliphatic heterocycles. The standard InChI is InChI=1S/C34H38F2O/c1-2-3-6-24-9-15-27(16-10-24)28-17-11-25(12-18-28)7-4-5-8-26-13-19-29(20-14-26)30-21-22-31(32-23-37-32)34(36)33(30)35/h4,7,9-10,13-16,19-22,25,28,32H,2-3,5-6,8,11-12,17-18,23H2,1H3/b7-4+. The molecule has 2 aliphatic rings. The summed E-state index contributed by atoms with van der Waals surface area (Å²) in [5.74, 6) is -0.185. The number of epoxide rings is 1. The minimum Gasteiger partial charge on any atom is -0.368 e. The number of hydrogen-bond acceptors (Lipinski definition) is 1. The second-order valence-corrected chi connectivity index (χ2v) is 10.8. The van der Waals surface area contributed by atoms with Crippen LogP contribution in [-0.2, 0) is 17.6 Å². The third-order valence-corrected chi connectivity index (χ3v) is 8.11. The third-order valence-electron chi connectivity index (χ3n) is 8.11. The van der Waals surface area contributed by atoms with E-state index >= 15 is 0 Å². The van der Waals surface area contributed by atoms with E-state index in [0.29, 0.717) is 35.1 Å². The fourth-order valence-corrected chi connectivity index (χ4v) is 5.64. The first kappa shape index (κ1) is 25.9. The molecule has 0 aromatic heterocycles. The molecular formula is C34H38F2O. The van der Waals surface area contributed by atoms with Crippen LogP contribution in [0.25, 0.3) is 11.1 Å². The van der Waals surface area contributed by atoms with Gasteiger partial charge in [0.1, 0.15) is 6.10 Å². The number of rotatable bonds is 10. The molecule has 0 N–H and O–H groups in total. The molecule has 0 radical (unpaired) electrons. The zero-order valence-electron chi connectivity index (χ0n) is 21.9. The summed E-state index contributed by atoms with van der Waals surface area (Å²) in [5.41, 5.74) is 5.51. The Morgan fingerprint density at radius 3 is 2.16 bits per heavy atom. The molecule has 3 heteroatoms. The van der Waals surface area contributed by atoms with Crippen molar-refractivity contribution in [2.24, 2.45) is 5.92 Å². The largest absolute Gasteiger partial charge is 0.368 e. The highest BCUT2D eigenvalue weighted by Gasteiger charge is 2.30. The van der Waals surface area contributed by atoms with Gasteiger partial charge in [-0.2, -0.15) is 0 Å². The van der Waals surface area contributed by atoms with E-state index in [1.54, 1.807) is 12.1 Å². The Bertz CT molecular complexity index is 1180. The number of aryl methyl sites for hydroxylation is 2. The van der Waals surface area contributed by atoms with Crippen molar-refractivity contribution in [1.82, 2.24) is 0 Å². The van der Waals surface area contributed by atoms with Gasteiger partial charge in [-0.1, -0.05) is 86.2 Å². The fraction of sp³-hybridized carbons (Fsp3) is 0.412. The topological polar surface area (TPSA) is 12.5 Å². The summed E-state index contributed by atoms with van der Waals surface area (Å²) in [4.78, 5) is 0. The average Bonchev–Trinajstić information content (AvgIpc) is 3.78. The summed E-state index contributed by atoms with van der Waals surface area (Å²) in [6.45, 7) is 2.71. The van der Waals surface area contributed by atoms with Gasteiger partial charge < -0.3 is 4.74 Å². The number of hydrogen-bond donors (Lipinski definition) is 0. The van der Waals surface area contributed by atoms with Crippen LogP contribution in [0.4, 0.5) is 8.78 Å². The summed E-state index contributed by atoms with van der Waals surface area (Å²) < 4.78 is 34.1. The van der Waals surface area contributed by atoms with Crippen LogP contribution in [0.15, 0.2) is 72.8 Å². The highest BCUT2D eigenvalue weighted by molar-refractivity contribution is 5.65. The highest BCUT2D eigenvalue weighted by Crippen LogP contribution is 2.37. The molecule has 1 unspecified atom stereocenters. The van der Waals surface area contributed by atoms with Gasteiger partial charge in [-0.15, -0.1) is 0 Å². The van der Waals surface area contributed by atoms with Crippen LogP contribution in [0.1, 0.15) is 86.1 Å². The predicted molar refractivity (Wildman–Crippen MR) is 148 cm³/mol. The fourth-order valence-electron chi connectivity index (χ4n) is 5.64. The molecule has 1 atom stereocenters. The van der Waals surface area contributed by atoms with E-state index in [0.717, 1.165) is 12.8 Å². The minimum atomic E-state index is -0.789. The summed E-state index contributed by atoms with van der Waals surface area (Å²) in [6.07, 6.45) is 15.2. The molecule has 194 valence electrons. The van der Waals surface area contributed by atoms with Crippen LogP contribution in [0.2, 0.25) is 0 Å². The van der Waals surface area contributed by atoms with Gasteiger partial charge in [-0.25, -0.2) is 8.78 Å². The predicted octanol–water partition coefficient (Wildman–Crippen LogP) is 9.51. The summed E-state index contributed by atoms with van der Waals surface area (Å²) in [5, 5.41) is 0. The van der Waals surface area contributed by atoms with E-state index in [1.807, 2.05) is 24.3 Å². The molecule has 0 amide bonds. The van der Waals surface area contributed by atoms with Crippen molar-refractivity contribution in [2.75, 3.05) is 6.61 Å². The van der Waals surface area contributed by atoms with E-state index in [2.05, 4.69) is 43.3 Å². The lowest BCUT2D eigenvalue weighted by Gasteiger charge is -2.27. The molecular weight excluding hydrogens is 462 g/mol. The van der Waals surface area contributed by atoms with Crippen molar-refractivity contribution in [2.45, 2.75) is 76.7 Å². The Labute approximate surface area is 220 Å². The first-order valence-electron chi connectivity index (χ1n) is 14.1. The first-order chi connectivity index (χ1) is 18.1. The number of benzene rings is 3. The van der Waals surface area contributed by atoms with E-state index in [1.165, 1.54) is 61.6 Å². The van der Waals surface area contributed by atoms with Crippen molar-refractivity contribution in [3.05, 3.63) is 107 Å². The van der Waals surface area contributed by atoms with E-state index in [9.17, 15) is 8.78 Å². The van der Waals surface area contributed by atoms with Crippen LogP contribution in [-0.4, -0.2) is 6.61 Å². The van der Waals surface area contributed by atoms with Gasteiger partial charge >= 0.3 is 0 Å². The minimum absolute atomic E-state index is 0.290. The molecule has 3 aromatic carbocycles. The van der Waals surface area contributed by atoms with E-state index in [4.69, 9.17) is 4.74 Å². The van der Waals surface area contributed by atoms with Crippen LogP contribution < -0.4 is 0 Å². The molecule has 37 heavy (non-hydrogen) atoms. The lowest BCUT2D eigenvalue weighted by atomic mass is 9.78. The van der Waals surface area contributed by atoms with Gasteiger partial charge in [-0.05, 0) is 85.5 Å². The number of ether oxygens (including phenoxy) is 1. The smallest absolute Gasteiger partial charge is 0.167 e. The number of unbranched alkanes of at least 4 members (excludes halogenated alkanes) is 1. The van der Waals surface area contributed by atoms with E-state index in [-0.39, 0.29) is 6.10 Å². The van der Waals surface area contributed by atoms with Gasteiger partial charge in [-0.3, -0.25) is 0 Å². The molecule has 1 heterocycles. The van der Waals surface area contributed by atoms with Crippen LogP contribution in [0, 0.1) is 17.6 Å². The Hall–Kier alpha value is -2.78. The molecule has 1 aliphatic carbocycles. The Morgan fingerprint density at radius 2 is 1.49 bits per heavy atom. The van der Waals surface area contributed by atoms with E-state index < -0.39 is 11.6 Å². The lowest BCUT2D eigenvalue weighted by molar-refractivity contribution is 0.375. The maximum absolute atomic E-state index is 14.6. The van der Waals surface area contributed by atoms with Gasteiger partial charge in [0, 0.05) is 11.1 Å². The first-order valence-corrected chi connectivity index (χ1v) is 14.1. The number of allylic oxidation sites excluding steroid dienone is 2. The summed E-state index contributed by atoms with van der Waals surface area (Å²) in [6, 6.07) is 20.5. The SMILES string of the molecule is CCCCc1ccc(C2CCC(/C=C/CCc3ccc(-c4ccc(C5CO5)c(F)c4F)cc3)CC2)cc1. The van der Waals surface area contributed by atoms with Crippen molar-refractivity contribution < 1.29 is 13.5 Å². The summed E-state index contributed by atoms with van der Waals surface area (Å²) in [7, 11) is 0. The molecule has 1 saturated carbocycles. The van der Waals surface area contributed by atoms with Crippen molar-refractivity contribution in [3.8, 4) is 11.1 Å². The van der Waals surface area contributed by atoms with Gasteiger partial charge in [0.15, 0.2) is 11.6 Å². The van der Waals surface area contributed by atoms with Crippen LogP contribution >= 0.6 is 0 Å². The second kappa shape index (κ2) is 12.2. The van der Waals surface area contributed by atoms with Gasteiger partial charge in [0.05, 0.1) is 6.61 Å².